The Hall–Kier alpha value is -1.41. The van der Waals surface area contributed by atoms with E-state index < -0.39 is 0 Å². The van der Waals surface area contributed by atoms with Crippen molar-refractivity contribution < 1.29 is 4.79 Å². The van der Waals surface area contributed by atoms with Crippen molar-refractivity contribution in [2.24, 2.45) is 0 Å². The van der Waals surface area contributed by atoms with Crippen LogP contribution in [0.15, 0.2) is 60.7 Å². The molecule has 0 spiro atoms. The first-order valence-corrected chi connectivity index (χ1v) is 6.86. The van der Waals surface area contributed by atoms with Crippen molar-refractivity contribution in [3.8, 4) is 0 Å². The Morgan fingerprint density at radius 3 is 1.61 bits per heavy atom. The van der Waals surface area contributed by atoms with E-state index in [0.29, 0.717) is 0 Å². The molecule has 2 heteroatoms. The summed E-state index contributed by atoms with van der Waals surface area (Å²) in [7, 11) is 0. The molecule has 1 atom stereocenters. The van der Waals surface area contributed by atoms with Gasteiger partial charge < -0.3 is 0 Å². The molecule has 2 aromatic carbocycles. The Balaban J connectivity index is 2.45. The normalized spacial score (nSPS) is 12.4. The monoisotopic (exact) mass is 302 g/mol. The first-order chi connectivity index (χ1) is 8.70. The molecule has 0 heterocycles. The highest BCUT2D eigenvalue weighted by atomic mass is 79.9. The second kappa shape index (κ2) is 5.96. The van der Waals surface area contributed by atoms with Crippen LogP contribution in [0.2, 0.25) is 0 Å². The molecule has 0 bridgehead atoms. The highest BCUT2D eigenvalue weighted by molar-refractivity contribution is 9.10. The van der Waals surface area contributed by atoms with E-state index in [0.717, 1.165) is 11.1 Å². The SMILES string of the molecule is CC(=O)C(Br)C(c1ccccc1)c1ccccc1. The van der Waals surface area contributed by atoms with Crippen molar-refractivity contribution in [3.63, 3.8) is 0 Å². The zero-order chi connectivity index (χ0) is 13.0. The van der Waals surface area contributed by atoms with Crippen molar-refractivity contribution in [2.75, 3.05) is 0 Å². The van der Waals surface area contributed by atoms with Gasteiger partial charge in [-0.25, -0.2) is 0 Å². The fourth-order valence-electron chi connectivity index (χ4n) is 2.09. The third-order valence-electron chi connectivity index (χ3n) is 3.00. The van der Waals surface area contributed by atoms with E-state index >= 15 is 0 Å². The Morgan fingerprint density at radius 2 is 1.28 bits per heavy atom. The summed E-state index contributed by atoms with van der Waals surface area (Å²) in [4.78, 5) is 11.5. The standard InChI is InChI=1S/C16H15BrO/c1-12(18)16(17)15(13-8-4-2-5-9-13)14-10-6-3-7-11-14/h2-11,15-16H,1H3. The predicted octanol–water partition coefficient (Wildman–Crippen LogP) is 4.17. The van der Waals surface area contributed by atoms with Crippen molar-refractivity contribution in [2.45, 2.75) is 17.7 Å². The van der Waals surface area contributed by atoms with E-state index in [9.17, 15) is 4.79 Å². The summed E-state index contributed by atoms with van der Waals surface area (Å²) >= 11 is 3.53. The highest BCUT2D eigenvalue weighted by Crippen LogP contribution is 2.32. The molecule has 0 saturated heterocycles. The van der Waals surface area contributed by atoms with Crippen LogP contribution >= 0.6 is 15.9 Å². The minimum atomic E-state index is -0.192. The number of halogens is 1. The lowest BCUT2D eigenvalue weighted by atomic mass is 9.87. The summed E-state index contributed by atoms with van der Waals surface area (Å²) < 4.78 is 0. The van der Waals surface area contributed by atoms with Gasteiger partial charge in [-0.1, -0.05) is 76.6 Å². The van der Waals surface area contributed by atoms with E-state index in [-0.39, 0.29) is 16.5 Å². The van der Waals surface area contributed by atoms with Crippen LogP contribution in [0.25, 0.3) is 0 Å². The largest absolute Gasteiger partial charge is 0.299 e. The molecule has 0 saturated carbocycles. The van der Waals surface area contributed by atoms with Crippen molar-refractivity contribution in [1.29, 1.82) is 0 Å². The van der Waals surface area contributed by atoms with Crippen molar-refractivity contribution in [1.82, 2.24) is 0 Å². The van der Waals surface area contributed by atoms with Gasteiger partial charge in [-0.05, 0) is 18.1 Å². The number of hydrogen-bond acceptors (Lipinski definition) is 1. The third-order valence-corrected chi connectivity index (χ3v) is 4.17. The van der Waals surface area contributed by atoms with Gasteiger partial charge in [0.25, 0.3) is 0 Å². The lowest BCUT2D eigenvalue weighted by Gasteiger charge is -2.21. The van der Waals surface area contributed by atoms with Gasteiger partial charge in [0, 0.05) is 5.92 Å². The highest BCUT2D eigenvalue weighted by Gasteiger charge is 2.25. The number of carbonyl (C=O) groups is 1. The minimum Gasteiger partial charge on any atom is -0.299 e. The lowest BCUT2D eigenvalue weighted by molar-refractivity contribution is -0.116. The molecular weight excluding hydrogens is 288 g/mol. The molecule has 0 aliphatic carbocycles. The van der Waals surface area contributed by atoms with Crippen LogP contribution in [0, 0.1) is 0 Å². The first-order valence-electron chi connectivity index (χ1n) is 5.94. The lowest BCUT2D eigenvalue weighted by Crippen LogP contribution is -2.21. The van der Waals surface area contributed by atoms with Crippen LogP contribution in [0.5, 0.6) is 0 Å². The van der Waals surface area contributed by atoms with Gasteiger partial charge in [0.15, 0.2) is 0 Å². The smallest absolute Gasteiger partial charge is 0.144 e. The molecule has 0 radical (unpaired) electrons. The zero-order valence-corrected chi connectivity index (χ0v) is 11.8. The maximum absolute atomic E-state index is 11.7. The van der Waals surface area contributed by atoms with Gasteiger partial charge in [0.2, 0.25) is 0 Å². The van der Waals surface area contributed by atoms with Crippen LogP contribution in [-0.2, 0) is 4.79 Å². The number of carbonyl (C=O) groups excluding carboxylic acids is 1. The quantitative estimate of drug-likeness (QED) is 0.775. The van der Waals surface area contributed by atoms with E-state index in [1.54, 1.807) is 6.92 Å². The average molecular weight is 303 g/mol. The minimum absolute atomic E-state index is 0.0601. The van der Waals surface area contributed by atoms with Gasteiger partial charge in [-0.3, -0.25) is 4.79 Å². The fraction of sp³-hybridized carbons (Fsp3) is 0.188. The Kier molecular flexibility index (Phi) is 4.32. The number of alkyl halides is 1. The average Bonchev–Trinajstić information content (AvgIpc) is 2.41. The third kappa shape index (κ3) is 2.88. The van der Waals surface area contributed by atoms with E-state index in [1.807, 2.05) is 36.4 Å². The number of hydrogen-bond donors (Lipinski definition) is 0. The van der Waals surface area contributed by atoms with Crippen molar-refractivity contribution >= 4 is 21.7 Å². The molecule has 0 N–H and O–H groups in total. The van der Waals surface area contributed by atoms with Crippen LogP contribution in [0.1, 0.15) is 24.0 Å². The number of Topliss-reactive ketones (excluding diaryl/α,β-unsaturated/α-hetero) is 1. The molecule has 92 valence electrons. The molecule has 0 amide bonds. The number of rotatable bonds is 4. The molecule has 2 rings (SSSR count). The summed E-state index contributed by atoms with van der Waals surface area (Å²) in [5.74, 6) is 0.206. The topological polar surface area (TPSA) is 17.1 Å². The van der Waals surface area contributed by atoms with Gasteiger partial charge in [-0.15, -0.1) is 0 Å². The molecule has 2 aromatic rings. The van der Waals surface area contributed by atoms with Gasteiger partial charge >= 0.3 is 0 Å². The summed E-state index contributed by atoms with van der Waals surface area (Å²) in [5, 5.41) is 0. The van der Waals surface area contributed by atoms with Gasteiger partial charge in [0.05, 0.1) is 4.83 Å². The number of benzene rings is 2. The molecule has 0 fully saturated rings. The second-order valence-corrected chi connectivity index (χ2v) is 5.30. The molecule has 0 aliphatic rings. The molecule has 18 heavy (non-hydrogen) atoms. The van der Waals surface area contributed by atoms with Gasteiger partial charge in [0.1, 0.15) is 5.78 Å². The molecule has 1 unspecified atom stereocenters. The van der Waals surface area contributed by atoms with Crippen LogP contribution in [0.4, 0.5) is 0 Å². The Labute approximate surface area is 116 Å². The zero-order valence-electron chi connectivity index (χ0n) is 10.2. The first kappa shape index (κ1) is 13.0. The predicted molar refractivity (Wildman–Crippen MR) is 78.1 cm³/mol. The van der Waals surface area contributed by atoms with E-state index in [1.165, 1.54) is 0 Å². The molecular formula is C16H15BrO. The second-order valence-electron chi connectivity index (χ2n) is 4.31. The van der Waals surface area contributed by atoms with E-state index in [4.69, 9.17) is 0 Å². The van der Waals surface area contributed by atoms with Gasteiger partial charge in [-0.2, -0.15) is 0 Å². The summed E-state index contributed by atoms with van der Waals surface area (Å²) in [6, 6.07) is 20.3. The molecule has 0 aliphatic heterocycles. The Bertz CT molecular complexity index is 468. The van der Waals surface area contributed by atoms with Crippen LogP contribution in [-0.4, -0.2) is 10.6 Å². The van der Waals surface area contributed by atoms with E-state index in [2.05, 4.69) is 40.2 Å². The van der Waals surface area contributed by atoms with Crippen LogP contribution in [0.3, 0.4) is 0 Å². The Morgan fingerprint density at radius 1 is 0.889 bits per heavy atom. The maximum atomic E-state index is 11.7. The summed E-state index contributed by atoms with van der Waals surface area (Å²) in [5.41, 5.74) is 2.31. The number of ketones is 1. The summed E-state index contributed by atoms with van der Waals surface area (Å²) in [6.07, 6.45) is 0. The van der Waals surface area contributed by atoms with Crippen molar-refractivity contribution in [3.05, 3.63) is 71.8 Å². The molecule has 0 aromatic heterocycles. The maximum Gasteiger partial charge on any atom is 0.144 e. The fourth-order valence-corrected chi connectivity index (χ4v) is 2.70. The molecule has 1 nitrogen and oxygen atoms in total. The van der Waals surface area contributed by atoms with Crippen LogP contribution < -0.4 is 0 Å². The summed E-state index contributed by atoms with van der Waals surface area (Å²) in [6.45, 7) is 1.62.